The molecule has 1 aliphatic carbocycles. The van der Waals surface area contributed by atoms with E-state index < -0.39 is 0 Å². The molecular weight excluding hydrogens is 336 g/mol. The lowest BCUT2D eigenvalue weighted by Crippen LogP contribution is -2.37. The lowest BCUT2D eigenvalue weighted by molar-refractivity contribution is -0.118. The molecule has 2 fully saturated rings. The quantitative estimate of drug-likeness (QED) is 0.489. The van der Waals surface area contributed by atoms with Crippen LogP contribution in [0.4, 0.5) is 0 Å². The van der Waals surface area contributed by atoms with Crippen LogP contribution in [0, 0.1) is 0 Å². The molecule has 2 aliphatic rings. The second-order valence-electron chi connectivity index (χ2n) is 6.96. The third-order valence-corrected chi connectivity index (χ3v) is 5.02. The van der Waals surface area contributed by atoms with Gasteiger partial charge in [-0.3, -0.25) is 4.79 Å². The predicted octanol–water partition coefficient (Wildman–Crippen LogP) is 1.94. The Hall–Kier alpha value is -1.41. The highest BCUT2D eigenvalue weighted by molar-refractivity contribution is 5.71. The summed E-state index contributed by atoms with van der Waals surface area (Å²) in [6.45, 7) is 4.00. The first kappa shape index (κ1) is 19.4. The minimum Gasteiger partial charge on any atom is -0.378 e. The van der Waals surface area contributed by atoms with Crippen molar-refractivity contribution in [2.24, 2.45) is 0 Å². The molecule has 1 atom stereocenters. The van der Waals surface area contributed by atoms with E-state index in [-0.39, 0.29) is 11.5 Å². The van der Waals surface area contributed by atoms with Crippen molar-refractivity contribution in [1.82, 2.24) is 9.97 Å². The van der Waals surface area contributed by atoms with E-state index in [0.29, 0.717) is 51.9 Å². The Morgan fingerprint density at radius 2 is 2.04 bits per heavy atom. The van der Waals surface area contributed by atoms with Crippen molar-refractivity contribution in [2.45, 2.75) is 43.6 Å². The first-order chi connectivity index (χ1) is 12.8. The van der Waals surface area contributed by atoms with Crippen molar-refractivity contribution < 1.29 is 23.7 Å². The molecule has 26 heavy (non-hydrogen) atoms. The van der Waals surface area contributed by atoms with Crippen LogP contribution in [-0.2, 0) is 24.4 Å². The zero-order chi connectivity index (χ0) is 18.1. The zero-order valence-corrected chi connectivity index (χ0v) is 15.2. The van der Waals surface area contributed by atoms with E-state index in [1.807, 2.05) is 0 Å². The Labute approximate surface area is 154 Å². The maximum atomic E-state index is 11.1. The molecule has 3 rings (SSSR count). The Kier molecular flexibility index (Phi) is 7.49. The van der Waals surface area contributed by atoms with Gasteiger partial charge in [-0.25, -0.2) is 9.97 Å². The van der Waals surface area contributed by atoms with Gasteiger partial charge in [-0.1, -0.05) is 19.3 Å². The van der Waals surface area contributed by atoms with Gasteiger partial charge in [0.05, 0.1) is 51.7 Å². The molecule has 1 aliphatic heterocycles. The standard InChI is InChI=1S/C19H28N2O5/c22-12-16-4-7-20-18(21-16)19(5-2-1-3-6-19)15-25-9-8-23-13-17-14-24-10-11-26-17/h4,7,12,17H,1-3,5-6,8-11,13-15H2/t17-/m0/s1. The van der Waals surface area contributed by atoms with Gasteiger partial charge in [0.15, 0.2) is 6.29 Å². The van der Waals surface area contributed by atoms with Crippen LogP contribution in [0.1, 0.15) is 48.4 Å². The second-order valence-corrected chi connectivity index (χ2v) is 6.96. The first-order valence-corrected chi connectivity index (χ1v) is 9.46. The molecule has 7 nitrogen and oxygen atoms in total. The van der Waals surface area contributed by atoms with Crippen LogP contribution >= 0.6 is 0 Å². The number of ether oxygens (including phenoxy) is 4. The maximum Gasteiger partial charge on any atom is 0.168 e. The second kappa shape index (κ2) is 10.1. The smallest absolute Gasteiger partial charge is 0.168 e. The van der Waals surface area contributed by atoms with Gasteiger partial charge in [-0.2, -0.15) is 0 Å². The highest BCUT2D eigenvalue weighted by atomic mass is 16.6. The number of carbonyl (C=O) groups is 1. The molecule has 0 amide bonds. The molecule has 1 saturated heterocycles. The molecule has 0 radical (unpaired) electrons. The number of hydrogen-bond acceptors (Lipinski definition) is 7. The first-order valence-electron chi connectivity index (χ1n) is 9.46. The van der Waals surface area contributed by atoms with E-state index in [1.54, 1.807) is 12.3 Å². The van der Waals surface area contributed by atoms with Crippen molar-refractivity contribution in [3.05, 3.63) is 23.8 Å². The molecule has 2 heterocycles. The third kappa shape index (κ3) is 5.30. The molecule has 7 heteroatoms. The van der Waals surface area contributed by atoms with Crippen LogP contribution in [0.2, 0.25) is 0 Å². The summed E-state index contributed by atoms with van der Waals surface area (Å²) in [5.74, 6) is 0.732. The van der Waals surface area contributed by atoms with Crippen LogP contribution in [-0.4, -0.2) is 68.6 Å². The van der Waals surface area contributed by atoms with Crippen LogP contribution in [0.5, 0.6) is 0 Å². The van der Waals surface area contributed by atoms with Crippen molar-refractivity contribution in [2.75, 3.05) is 46.2 Å². The van der Waals surface area contributed by atoms with Gasteiger partial charge in [0.1, 0.15) is 17.6 Å². The summed E-state index contributed by atoms with van der Waals surface area (Å²) in [7, 11) is 0. The fraction of sp³-hybridized carbons (Fsp3) is 0.737. The Morgan fingerprint density at radius 3 is 2.81 bits per heavy atom. The van der Waals surface area contributed by atoms with Gasteiger partial charge >= 0.3 is 0 Å². The topological polar surface area (TPSA) is 79.8 Å². The zero-order valence-electron chi connectivity index (χ0n) is 15.2. The van der Waals surface area contributed by atoms with Crippen LogP contribution in [0.15, 0.2) is 12.3 Å². The van der Waals surface area contributed by atoms with E-state index in [1.165, 1.54) is 6.42 Å². The molecular formula is C19H28N2O5. The molecule has 1 aromatic heterocycles. The number of rotatable bonds is 9. The largest absolute Gasteiger partial charge is 0.378 e. The van der Waals surface area contributed by atoms with Gasteiger partial charge in [0, 0.05) is 6.20 Å². The van der Waals surface area contributed by atoms with Gasteiger partial charge in [-0.05, 0) is 18.9 Å². The lowest BCUT2D eigenvalue weighted by Gasteiger charge is -2.35. The fourth-order valence-corrected chi connectivity index (χ4v) is 3.59. The SMILES string of the molecule is O=Cc1ccnc(C2(COCCOC[C@H]3COCCO3)CCCCC2)n1. The highest BCUT2D eigenvalue weighted by Gasteiger charge is 2.37. The summed E-state index contributed by atoms with van der Waals surface area (Å²) in [5.41, 5.74) is 0.232. The molecule has 0 unspecified atom stereocenters. The van der Waals surface area contributed by atoms with E-state index in [0.717, 1.165) is 37.8 Å². The minimum atomic E-state index is -0.197. The summed E-state index contributed by atoms with van der Waals surface area (Å²) in [4.78, 5) is 19.9. The average Bonchev–Trinajstić information content (AvgIpc) is 2.72. The number of hydrogen-bond donors (Lipinski definition) is 0. The monoisotopic (exact) mass is 364 g/mol. The van der Waals surface area contributed by atoms with Crippen LogP contribution < -0.4 is 0 Å². The molecule has 0 spiro atoms. The van der Waals surface area contributed by atoms with Gasteiger partial charge in [0.25, 0.3) is 0 Å². The summed E-state index contributed by atoms with van der Waals surface area (Å²) in [6, 6.07) is 1.64. The van der Waals surface area contributed by atoms with Crippen LogP contribution in [0.25, 0.3) is 0 Å². The minimum absolute atomic E-state index is 0.0212. The molecule has 0 bridgehead atoms. The van der Waals surface area contributed by atoms with E-state index in [4.69, 9.17) is 18.9 Å². The molecule has 1 aromatic rings. The number of aldehydes is 1. The van der Waals surface area contributed by atoms with E-state index >= 15 is 0 Å². The number of carbonyl (C=O) groups excluding carboxylic acids is 1. The molecule has 0 aromatic carbocycles. The summed E-state index contributed by atoms with van der Waals surface area (Å²) in [5, 5.41) is 0. The Bertz CT molecular complexity index is 557. The molecule has 0 N–H and O–H groups in total. The lowest BCUT2D eigenvalue weighted by atomic mass is 9.74. The Balaban J connectivity index is 1.46. The highest BCUT2D eigenvalue weighted by Crippen LogP contribution is 2.38. The van der Waals surface area contributed by atoms with Gasteiger partial charge in [-0.15, -0.1) is 0 Å². The molecule has 144 valence electrons. The Morgan fingerprint density at radius 1 is 1.19 bits per heavy atom. The van der Waals surface area contributed by atoms with E-state index in [2.05, 4.69) is 9.97 Å². The summed E-state index contributed by atoms with van der Waals surface area (Å²) >= 11 is 0. The van der Waals surface area contributed by atoms with Crippen molar-refractivity contribution in [1.29, 1.82) is 0 Å². The predicted molar refractivity (Wildman–Crippen MR) is 94.4 cm³/mol. The van der Waals surface area contributed by atoms with Crippen molar-refractivity contribution in [3.8, 4) is 0 Å². The van der Waals surface area contributed by atoms with Crippen molar-refractivity contribution >= 4 is 6.29 Å². The number of aromatic nitrogens is 2. The summed E-state index contributed by atoms with van der Waals surface area (Å²) in [6.07, 6.45) is 7.92. The van der Waals surface area contributed by atoms with E-state index in [9.17, 15) is 4.79 Å². The average molecular weight is 364 g/mol. The normalized spacial score (nSPS) is 22.8. The third-order valence-electron chi connectivity index (χ3n) is 5.02. The molecule has 1 saturated carbocycles. The van der Waals surface area contributed by atoms with Gasteiger partial charge in [0.2, 0.25) is 0 Å². The van der Waals surface area contributed by atoms with Crippen LogP contribution in [0.3, 0.4) is 0 Å². The van der Waals surface area contributed by atoms with Crippen molar-refractivity contribution in [3.63, 3.8) is 0 Å². The maximum absolute atomic E-state index is 11.1. The van der Waals surface area contributed by atoms with Gasteiger partial charge < -0.3 is 18.9 Å². The number of nitrogens with zero attached hydrogens (tertiary/aromatic N) is 2. The fourth-order valence-electron chi connectivity index (χ4n) is 3.59. The summed E-state index contributed by atoms with van der Waals surface area (Å²) < 4.78 is 22.4.